The number of piperidine rings is 1. The zero-order valence-corrected chi connectivity index (χ0v) is 13.3. The predicted molar refractivity (Wildman–Crippen MR) is 79.6 cm³/mol. The highest BCUT2D eigenvalue weighted by Gasteiger charge is 2.33. The van der Waals surface area contributed by atoms with Crippen LogP contribution < -0.4 is 4.74 Å². The maximum atomic E-state index is 13.0. The van der Waals surface area contributed by atoms with Gasteiger partial charge in [-0.25, -0.2) is 8.78 Å². The van der Waals surface area contributed by atoms with Crippen LogP contribution in [-0.4, -0.2) is 37.1 Å². The molecule has 0 unspecified atom stereocenters. The summed E-state index contributed by atoms with van der Waals surface area (Å²) in [5, 5.41) is 0. The van der Waals surface area contributed by atoms with E-state index in [2.05, 4.69) is 20.8 Å². The summed E-state index contributed by atoms with van der Waals surface area (Å²) in [6, 6.07) is 5.87. The molecule has 1 aromatic carbocycles. The Morgan fingerprint density at radius 2 is 2.00 bits per heavy atom. The fraction of sp³-hybridized carbons (Fsp3) is 0.600. The third kappa shape index (κ3) is 4.42. The van der Waals surface area contributed by atoms with E-state index in [0.29, 0.717) is 19.7 Å². The molecule has 2 nitrogen and oxygen atoms in total. The van der Waals surface area contributed by atoms with Gasteiger partial charge in [0.1, 0.15) is 5.75 Å². The first-order valence-electron chi connectivity index (χ1n) is 6.96. The maximum absolute atomic E-state index is 13.0. The molecular formula is C15H20BrF2NO. The van der Waals surface area contributed by atoms with Crippen LogP contribution in [0.15, 0.2) is 22.7 Å². The first-order valence-corrected chi connectivity index (χ1v) is 7.75. The Labute approximate surface area is 127 Å². The van der Waals surface area contributed by atoms with E-state index >= 15 is 0 Å². The molecule has 0 radical (unpaired) electrons. The molecule has 0 spiro atoms. The number of ether oxygens (including phenoxy) is 1. The van der Waals surface area contributed by atoms with Crippen molar-refractivity contribution in [1.82, 2.24) is 4.90 Å². The van der Waals surface area contributed by atoms with Crippen molar-refractivity contribution >= 4 is 15.9 Å². The molecule has 0 N–H and O–H groups in total. The molecule has 0 saturated carbocycles. The molecule has 1 saturated heterocycles. The molecule has 0 bridgehead atoms. The van der Waals surface area contributed by atoms with Crippen LogP contribution >= 0.6 is 15.9 Å². The lowest BCUT2D eigenvalue weighted by molar-refractivity contribution is -0.0554. The monoisotopic (exact) mass is 347 g/mol. The molecular weight excluding hydrogens is 328 g/mol. The van der Waals surface area contributed by atoms with Gasteiger partial charge in [-0.2, -0.15) is 0 Å². The Morgan fingerprint density at radius 3 is 2.70 bits per heavy atom. The standard InChI is InChI=1S/C15H20BrF2NO/c1-12-13(16)4-2-5-14(12)20-11-3-8-19-9-6-15(17,18)7-10-19/h2,4-5H,3,6-11H2,1H3. The number of likely N-dealkylation sites (tertiary alicyclic amines) is 1. The predicted octanol–water partition coefficient (Wildman–Crippen LogP) is 4.26. The molecule has 1 aromatic rings. The number of hydrogen-bond acceptors (Lipinski definition) is 2. The fourth-order valence-electron chi connectivity index (χ4n) is 2.32. The third-order valence-corrected chi connectivity index (χ3v) is 4.54. The Bertz CT molecular complexity index is 443. The van der Waals surface area contributed by atoms with Crippen molar-refractivity contribution in [2.75, 3.05) is 26.2 Å². The van der Waals surface area contributed by atoms with Crippen molar-refractivity contribution in [1.29, 1.82) is 0 Å². The van der Waals surface area contributed by atoms with E-state index in [4.69, 9.17) is 4.74 Å². The second kappa shape index (κ2) is 6.85. The Morgan fingerprint density at radius 1 is 1.30 bits per heavy atom. The van der Waals surface area contributed by atoms with Gasteiger partial charge >= 0.3 is 0 Å². The van der Waals surface area contributed by atoms with E-state index in [9.17, 15) is 8.78 Å². The first kappa shape index (κ1) is 15.7. The van der Waals surface area contributed by atoms with Gasteiger partial charge in [0.25, 0.3) is 5.92 Å². The largest absolute Gasteiger partial charge is 0.493 e. The highest BCUT2D eigenvalue weighted by atomic mass is 79.9. The van der Waals surface area contributed by atoms with E-state index in [0.717, 1.165) is 28.8 Å². The summed E-state index contributed by atoms with van der Waals surface area (Å²) < 4.78 is 32.8. The molecule has 5 heteroatoms. The maximum Gasteiger partial charge on any atom is 0.250 e. The van der Waals surface area contributed by atoms with Crippen molar-refractivity contribution in [3.63, 3.8) is 0 Å². The molecule has 20 heavy (non-hydrogen) atoms. The summed E-state index contributed by atoms with van der Waals surface area (Å²) in [6.45, 7) is 4.42. The zero-order valence-electron chi connectivity index (χ0n) is 11.7. The number of benzene rings is 1. The Hall–Kier alpha value is -0.680. The summed E-state index contributed by atoms with van der Waals surface area (Å²) in [5.41, 5.74) is 1.09. The molecule has 1 fully saturated rings. The molecule has 0 amide bonds. The number of alkyl halides is 2. The number of hydrogen-bond donors (Lipinski definition) is 0. The van der Waals surface area contributed by atoms with Gasteiger partial charge in [0.05, 0.1) is 6.61 Å². The van der Waals surface area contributed by atoms with Crippen molar-refractivity contribution in [3.05, 3.63) is 28.2 Å². The summed E-state index contributed by atoms with van der Waals surface area (Å²) in [5.74, 6) is -1.58. The van der Waals surface area contributed by atoms with Gasteiger partial charge in [0.2, 0.25) is 0 Å². The summed E-state index contributed by atoms with van der Waals surface area (Å²) in [7, 11) is 0. The van der Waals surface area contributed by atoms with Crippen LogP contribution in [0, 0.1) is 6.92 Å². The molecule has 0 aromatic heterocycles. The van der Waals surface area contributed by atoms with Crippen LogP contribution in [0.2, 0.25) is 0 Å². The lowest BCUT2D eigenvalue weighted by Gasteiger charge is -2.31. The van der Waals surface area contributed by atoms with Crippen molar-refractivity contribution in [2.45, 2.75) is 32.1 Å². The minimum Gasteiger partial charge on any atom is -0.493 e. The van der Waals surface area contributed by atoms with Crippen molar-refractivity contribution < 1.29 is 13.5 Å². The van der Waals surface area contributed by atoms with Crippen molar-refractivity contribution in [3.8, 4) is 5.75 Å². The van der Waals surface area contributed by atoms with Crippen LogP contribution in [0.25, 0.3) is 0 Å². The summed E-state index contributed by atoms with van der Waals surface area (Å²) in [6.07, 6.45) is 0.828. The van der Waals surface area contributed by atoms with Crippen LogP contribution in [0.5, 0.6) is 5.75 Å². The quantitative estimate of drug-likeness (QED) is 0.738. The zero-order chi connectivity index (χ0) is 14.6. The lowest BCUT2D eigenvalue weighted by Crippen LogP contribution is -2.40. The van der Waals surface area contributed by atoms with Gasteiger partial charge in [0, 0.05) is 42.5 Å². The van der Waals surface area contributed by atoms with Crippen molar-refractivity contribution in [2.24, 2.45) is 0 Å². The van der Waals surface area contributed by atoms with Crippen LogP contribution in [0.3, 0.4) is 0 Å². The highest BCUT2D eigenvalue weighted by Crippen LogP contribution is 2.28. The molecule has 2 rings (SSSR count). The number of nitrogens with zero attached hydrogens (tertiary/aromatic N) is 1. The van der Waals surface area contributed by atoms with Gasteiger partial charge in [-0.05, 0) is 25.5 Å². The van der Waals surface area contributed by atoms with E-state index in [1.165, 1.54) is 0 Å². The van der Waals surface area contributed by atoms with Gasteiger partial charge < -0.3 is 9.64 Å². The number of rotatable bonds is 5. The van der Waals surface area contributed by atoms with Crippen LogP contribution in [0.4, 0.5) is 8.78 Å². The minimum absolute atomic E-state index is 0.0153. The van der Waals surface area contributed by atoms with E-state index < -0.39 is 5.92 Å². The number of halogens is 3. The lowest BCUT2D eigenvalue weighted by atomic mass is 10.1. The average Bonchev–Trinajstić information content (AvgIpc) is 2.41. The van der Waals surface area contributed by atoms with Gasteiger partial charge in [-0.3, -0.25) is 0 Å². The third-order valence-electron chi connectivity index (χ3n) is 3.68. The van der Waals surface area contributed by atoms with E-state index in [1.54, 1.807) is 0 Å². The summed E-state index contributed by atoms with van der Waals surface area (Å²) >= 11 is 3.47. The van der Waals surface area contributed by atoms with Crippen LogP contribution in [-0.2, 0) is 0 Å². The minimum atomic E-state index is -2.46. The SMILES string of the molecule is Cc1c(Br)cccc1OCCCN1CCC(F)(F)CC1. The second-order valence-electron chi connectivity index (χ2n) is 5.26. The molecule has 1 heterocycles. The van der Waals surface area contributed by atoms with E-state index in [-0.39, 0.29) is 12.8 Å². The topological polar surface area (TPSA) is 12.5 Å². The fourth-order valence-corrected chi connectivity index (χ4v) is 2.67. The second-order valence-corrected chi connectivity index (χ2v) is 6.12. The molecule has 112 valence electrons. The highest BCUT2D eigenvalue weighted by molar-refractivity contribution is 9.10. The Kier molecular flexibility index (Phi) is 5.38. The van der Waals surface area contributed by atoms with Gasteiger partial charge in [-0.1, -0.05) is 22.0 Å². The summed E-state index contributed by atoms with van der Waals surface area (Å²) in [4.78, 5) is 2.09. The molecule has 0 atom stereocenters. The molecule has 0 aliphatic carbocycles. The average molecular weight is 348 g/mol. The van der Waals surface area contributed by atoms with Gasteiger partial charge in [0.15, 0.2) is 0 Å². The first-order chi connectivity index (χ1) is 9.48. The smallest absolute Gasteiger partial charge is 0.250 e. The van der Waals surface area contributed by atoms with E-state index in [1.807, 2.05) is 25.1 Å². The molecule has 1 aliphatic rings. The Balaban J connectivity index is 1.68. The normalized spacial score (nSPS) is 19.0. The van der Waals surface area contributed by atoms with Crippen LogP contribution in [0.1, 0.15) is 24.8 Å². The van der Waals surface area contributed by atoms with Gasteiger partial charge in [-0.15, -0.1) is 0 Å². The molecule has 1 aliphatic heterocycles.